The SMILES string of the molecule is C/C=C\C(C)=C/C=C=O.CC. The largest absolute Gasteiger partial charge is 0.234 e. The Bertz CT molecular complexity index is 169. The minimum atomic E-state index is 1.06. The van der Waals surface area contributed by atoms with Crippen LogP contribution in [0.2, 0.25) is 0 Å². The highest BCUT2D eigenvalue weighted by molar-refractivity contribution is 5.49. The van der Waals surface area contributed by atoms with E-state index in [-0.39, 0.29) is 0 Å². The quantitative estimate of drug-likeness (QED) is 0.439. The van der Waals surface area contributed by atoms with Crippen molar-refractivity contribution in [2.45, 2.75) is 27.7 Å². The third-order valence-electron chi connectivity index (χ3n) is 0.844. The standard InChI is InChI=1S/C8H10O.C2H6/c1-3-5-8(2)6-4-7-9;1-2/h3-6H,1-2H3;1-2H3/b5-3-,8-6-;. The molecule has 0 aliphatic carbocycles. The van der Waals surface area contributed by atoms with Crippen LogP contribution in [-0.2, 0) is 4.79 Å². The predicted molar refractivity (Wildman–Crippen MR) is 50.2 cm³/mol. The second-order valence-corrected chi connectivity index (χ2v) is 1.70. The monoisotopic (exact) mass is 152 g/mol. The highest BCUT2D eigenvalue weighted by Crippen LogP contribution is 1.92. The first kappa shape index (κ1) is 12.6. The highest BCUT2D eigenvalue weighted by Gasteiger charge is 1.73. The zero-order chi connectivity index (χ0) is 9.11. The van der Waals surface area contributed by atoms with Crippen LogP contribution in [0.5, 0.6) is 0 Å². The Labute approximate surface area is 69.1 Å². The summed E-state index contributed by atoms with van der Waals surface area (Å²) < 4.78 is 0. The second kappa shape index (κ2) is 11.7. The van der Waals surface area contributed by atoms with Gasteiger partial charge in [0.2, 0.25) is 0 Å². The summed E-state index contributed by atoms with van der Waals surface area (Å²) >= 11 is 0. The predicted octanol–water partition coefficient (Wildman–Crippen LogP) is 2.92. The molecule has 0 aromatic heterocycles. The molecule has 0 radical (unpaired) electrons. The Morgan fingerprint density at radius 1 is 1.36 bits per heavy atom. The molecule has 62 valence electrons. The van der Waals surface area contributed by atoms with Gasteiger partial charge in [-0.25, -0.2) is 4.79 Å². The molecular weight excluding hydrogens is 136 g/mol. The molecule has 0 bridgehead atoms. The van der Waals surface area contributed by atoms with Crippen LogP contribution in [0.3, 0.4) is 0 Å². The maximum Gasteiger partial charge on any atom is 0.124 e. The van der Waals surface area contributed by atoms with Gasteiger partial charge in [-0.15, -0.1) is 0 Å². The first-order valence-electron chi connectivity index (χ1n) is 3.81. The zero-order valence-corrected chi connectivity index (χ0v) is 7.72. The fraction of sp³-hybridized carbons (Fsp3) is 0.400. The van der Waals surface area contributed by atoms with Crippen LogP contribution in [0.15, 0.2) is 29.9 Å². The van der Waals surface area contributed by atoms with Crippen molar-refractivity contribution < 1.29 is 4.79 Å². The molecule has 0 aliphatic heterocycles. The molecule has 0 spiro atoms. The van der Waals surface area contributed by atoms with E-state index in [1.807, 2.05) is 39.8 Å². The molecule has 0 saturated carbocycles. The number of hydrogen-bond donors (Lipinski definition) is 0. The third kappa shape index (κ3) is 12.2. The molecule has 1 nitrogen and oxygen atoms in total. The van der Waals surface area contributed by atoms with E-state index in [1.165, 1.54) is 6.08 Å². The summed E-state index contributed by atoms with van der Waals surface area (Å²) in [6, 6.07) is 0. The Hall–Kier alpha value is -1.07. The van der Waals surface area contributed by atoms with Crippen LogP contribution >= 0.6 is 0 Å². The smallest absolute Gasteiger partial charge is 0.124 e. The lowest BCUT2D eigenvalue weighted by Gasteiger charge is -1.82. The Balaban J connectivity index is 0. The van der Waals surface area contributed by atoms with E-state index < -0.39 is 0 Å². The number of rotatable bonds is 2. The van der Waals surface area contributed by atoms with E-state index in [0.29, 0.717) is 0 Å². The minimum Gasteiger partial charge on any atom is -0.234 e. The van der Waals surface area contributed by atoms with Gasteiger partial charge in [-0.2, -0.15) is 0 Å². The lowest BCUT2D eigenvalue weighted by molar-refractivity contribution is 0.569. The minimum absolute atomic E-state index is 1.06. The molecule has 0 rings (SSSR count). The van der Waals surface area contributed by atoms with Crippen LogP contribution in [0.25, 0.3) is 0 Å². The van der Waals surface area contributed by atoms with Crippen molar-refractivity contribution in [2.75, 3.05) is 0 Å². The number of allylic oxidation sites excluding steroid dienone is 5. The van der Waals surface area contributed by atoms with E-state index in [2.05, 4.69) is 0 Å². The van der Waals surface area contributed by atoms with Gasteiger partial charge in [0.05, 0.1) is 0 Å². The van der Waals surface area contributed by atoms with Gasteiger partial charge in [-0.1, -0.05) is 31.6 Å². The van der Waals surface area contributed by atoms with Crippen molar-refractivity contribution in [3.63, 3.8) is 0 Å². The van der Waals surface area contributed by atoms with Gasteiger partial charge in [-0.3, -0.25) is 0 Å². The summed E-state index contributed by atoms with van der Waals surface area (Å²) in [5.41, 5.74) is 1.06. The van der Waals surface area contributed by atoms with Crippen molar-refractivity contribution >= 4 is 5.94 Å². The van der Waals surface area contributed by atoms with Gasteiger partial charge in [0.15, 0.2) is 0 Å². The van der Waals surface area contributed by atoms with Crippen LogP contribution in [0.4, 0.5) is 0 Å². The summed E-state index contributed by atoms with van der Waals surface area (Å²) in [7, 11) is 0. The van der Waals surface area contributed by atoms with Crippen LogP contribution < -0.4 is 0 Å². The van der Waals surface area contributed by atoms with Crippen molar-refractivity contribution in [3.05, 3.63) is 29.9 Å². The van der Waals surface area contributed by atoms with Crippen LogP contribution in [0, 0.1) is 0 Å². The summed E-state index contributed by atoms with van der Waals surface area (Å²) in [4.78, 5) is 9.66. The molecule has 0 saturated heterocycles. The zero-order valence-electron chi connectivity index (χ0n) is 7.72. The van der Waals surface area contributed by atoms with Gasteiger partial charge in [0.25, 0.3) is 0 Å². The van der Waals surface area contributed by atoms with Crippen molar-refractivity contribution in [1.82, 2.24) is 0 Å². The summed E-state index contributed by atoms with van der Waals surface area (Å²) in [6.07, 6.45) is 6.92. The molecule has 0 atom stereocenters. The summed E-state index contributed by atoms with van der Waals surface area (Å²) in [6.45, 7) is 7.86. The van der Waals surface area contributed by atoms with E-state index in [4.69, 9.17) is 0 Å². The molecular formula is C10H16O. The number of carbonyl (C=O) groups excluding carboxylic acids is 1. The molecule has 0 aromatic rings. The van der Waals surface area contributed by atoms with Crippen LogP contribution in [-0.4, -0.2) is 5.94 Å². The molecule has 0 unspecified atom stereocenters. The van der Waals surface area contributed by atoms with E-state index >= 15 is 0 Å². The van der Waals surface area contributed by atoms with Crippen molar-refractivity contribution in [3.8, 4) is 0 Å². The Morgan fingerprint density at radius 2 is 1.91 bits per heavy atom. The average molecular weight is 152 g/mol. The topological polar surface area (TPSA) is 17.1 Å². The average Bonchev–Trinajstić information content (AvgIpc) is 2.05. The first-order chi connectivity index (χ1) is 5.31. The Kier molecular flexibility index (Phi) is 13.4. The summed E-state index contributed by atoms with van der Waals surface area (Å²) in [5.74, 6) is 1.67. The van der Waals surface area contributed by atoms with Gasteiger partial charge in [0.1, 0.15) is 5.94 Å². The van der Waals surface area contributed by atoms with Gasteiger partial charge < -0.3 is 0 Å². The molecule has 0 aromatic carbocycles. The Morgan fingerprint density at radius 3 is 2.27 bits per heavy atom. The van der Waals surface area contributed by atoms with E-state index in [0.717, 1.165) is 5.57 Å². The van der Waals surface area contributed by atoms with E-state index in [1.54, 1.807) is 12.0 Å². The molecule has 11 heavy (non-hydrogen) atoms. The second-order valence-electron chi connectivity index (χ2n) is 1.70. The molecule has 0 aliphatic rings. The molecule has 0 fully saturated rings. The first-order valence-corrected chi connectivity index (χ1v) is 3.81. The molecule has 1 heteroatoms. The molecule has 0 heterocycles. The van der Waals surface area contributed by atoms with Crippen LogP contribution in [0.1, 0.15) is 27.7 Å². The maximum atomic E-state index is 9.66. The normalized spacial score (nSPS) is 10.0. The fourth-order valence-corrected chi connectivity index (χ4v) is 0.484. The lowest BCUT2D eigenvalue weighted by atomic mass is 10.2. The van der Waals surface area contributed by atoms with Crippen molar-refractivity contribution in [1.29, 1.82) is 0 Å². The van der Waals surface area contributed by atoms with Gasteiger partial charge >= 0.3 is 0 Å². The van der Waals surface area contributed by atoms with Gasteiger partial charge in [0, 0.05) is 6.08 Å². The molecule has 0 amide bonds. The van der Waals surface area contributed by atoms with Gasteiger partial charge in [-0.05, 0) is 19.9 Å². The van der Waals surface area contributed by atoms with E-state index in [9.17, 15) is 4.79 Å². The summed E-state index contributed by atoms with van der Waals surface area (Å²) in [5, 5.41) is 0. The number of hydrogen-bond acceptors (Lipinski definition) is 1. The lowest BCUT2D eigenvalue weighted by Crippen LogP contribution is -1.63. The maximum absolute atomic E-state index is 9.66. The van der Waals surface area contributed by atoms with Crippen molar-refractivity contribution in [2.24, 2.45) is 0 Å². The fourth-order valence-electron chi connectivity index (χ4n) is 0.484. The third-order valence-corrected chi connectivity index (χ3v) is 0.844. The molecule has 0 N–H and O–H groups in total. The highest BCUT2D eigenvalue weighted by atomic mass is 16.1.